The fourth-order valence-corrected chi connectivity index (χ4v) is 4.69. The number of nitrogens with one attached hydrogen (secondary N) is 2. The van der Waals surface area contributed by atoms with Crippen molar-refractivity contribution >= 4 is 45.7 Å². The van der Waals surface area contributed by atoms with Crippen LogP contribution in [0.25, 0.3) is 0 Å². The number of anilines is 2. The number of carbonyl (C=O) groups is 2. The Balaban J connectivity index is 1.11. The molecule has 2 aromatic carbocycles. The molecule has 176 valence electrons. The van der Waals surface area contributed by atoms with E-state index in [0.29, 0.717) is 34.6 Å². The van der Waals surface area contributed by atoms with Crippen molar-refractivity contribution in [3.05, 3.63) is 64.1 Å². The van der Waals surface area contributed by atoms with Crippen molar-refractivity contribution in [1.82, 2.24) is 14.8 Å². The van der Waals surface area contributed by atoms with Gasteiger partial charge in [-0.2, -0.15) is 0 Å². The number of hydrogen-bond acceptors (Lipinski definition) is 7. The maximum absolute atomic E-state index is 12.9. The second kappa shape index (κ2) is 9.88. The number of thiazole rings is 1. The van der Waals surface area contributed by atoms with Crippen LogP contribution in [0.4, 0.5) is 15.6 Å². The molecule has 1 saturated heterocycles. The topological polar surface area (TPSA) is 96.0 Å². The third-order valence-electron chi connectivity index (χ3n) is 5.53. The SMILES string of the molecule is O=C(Nc1cccc(Cl)c1)Nc1nc(C(=O)N2CCN(Cc3ccc4c(c3)OCO4)CC2)cs1. The third kappa shape index (κ3) is 5.24. The summed E-state index contributed by atoms with van der Waals surface area (Å²) in [6.07, 6.45) is 0. The van der Waals surface area contributed by atoms with Crippen LogP contribution in [-0.2, 0) is 6.54 Å². The number of fused-ring (bicyclic) bond motifs is 1. The first-order valence-electron chi connectivity index (χ1n) is 10.7. The summed E-state index contributed by atoms with van der Waals surface area (Å²) in [5, 5.41) is 7.88. The summed E-state index contributed by atoms with van der Waals surface area (Å²) >= 11 is 7.14. The summed E-state index contributed by atoms with van der Waals surface area (Å²) in [4.78, 5) is 33.5. The van der Waals surface area contributed by atoms with Crippen LogP contribution in [0.1, 0.15) is 16.1 Å². The van der Waals surface area contributed by atoms with Crippen LogP contribution in [0, 0.1) is 0 Å². The van der Waals surface area contributed by atoms with Gasteiger partial charge in [-0.3, -0.25) is 15.0 Å². The van der Waals surface area contributed by atoms with Crippen LogP contribution in [0.2, 0.25) is 5.02 Å². The second-order valence-electron chi connectivity index (χ2n) is 7.88. The van der Waals surface area contributed by atoms with E-state index >= 15 is 0 Å². The third-order valence-corrected chi connectivity index (χ3v) is 6.52. The fraction of sp³-hybridized carbons (Fsp3) is 0.261. The Morgan fingerprint density at radius 3 is 2.68 bits per heavy atom. The minimum atomic E-state index is -0.451. The van der Waals surface area contributed by atoms with Crippen LogP contribution in [0.15, 0.2) is 47.8 Å². The van der Waals surface area contributed by atoms with Gasteiger partial charge in [-0.05, 0) is 35.9 Å². The summed E-state index contributed by atoms with van der Waals surface area (Å²) in [6, 6.07) is 12.4. The van der Waals surface area contributed by atoms with E-state index in [2.05, 4.69) is 20.5 Å². The highest BCUT2D eigenvalue weighted by atomic mass is 35.5. The number of hydrogen-bond donors (Lipinski definition) is 2. The van der Waals surface area contributed by atoms with Crippen LogP contribution in [-0.4, -0.2) is 59.7 Å². The van der Waals surface area contributed by atoms with E-state index in [1.165, 1.54) is 11.3 Å². The Bertz CT molecular complexity index is 1210. The van der Waals surface area contributed by atoms with Gasteiger partial charge in [0.25, 0.3) is 5.91 Å². The van der Waals surface area contributed by atoms with Gasteiger partial charge < -0.3 is 19.7 Å². The maximum atomic E-state index is 12.9. The Hall–Kier alpha value is -3.34. The molecular formula is C23H22ClN5O4S. The molecule has 2 aliphatic rings. The molecule has 0 atom stereocenters. The van der Waals surface area contributed by atoms with E-state index < -0.39 is 6.03 Å². The zero-order chi connectivity index (χ0) is 23.5. The first-order chi connectivity index (χ1) is 16.5. The molecule has 0 saturated carbocycles. The molecule has 5 rings (SSSR count). The molecule has 2 N–H and O–H groups in total. The van der Waals surface area contributed by atoms with Gasteiger partial charge in [-0.1, -0.05) is 23.7 Å². The van der Waals surface area contributed by atoms with Gasteiger partial charge in [-0.15, -0.1) is 11.3 Å². The first kappa shape index (κ1) is 22.5. The quantitative estimate of drug-likeness (QED) is 0.548. The van der Waals surface area contributed by atoms with E-state index in [4.69, 9.17) is 21.1 Å². The monoisotopic (exact) mass is 499 g/mol. The lowest BCUT2D eigenvalue weighted by Crippen LogP contribution is -2.48. The normalized spacial score (nSPS) is 15.3. The Morgan fingerprint density at radius 2 is 1.85 bits per heavy atom. The Kier molecular flexibility index (Phi) is 6.52. The molecule has 0 unspecified atom stereocenters. The van der Waals surface area contributed by atoms with Gasteiger partial charge >= 0.3 is 6.03 Å². The minimum absolute atomic E-state index is 0.137. The first-order valence-corrected chi connectivity index (χ1v) is 12.0. The average molecular weight is 500 g/mol. The molecule has 0 radical (unpaired) electrons. The van der Waals surface area contributed by atoms with Gasteiger partial charge in [0.15, 0.2) is 16.6 Å². The van der Waals surface area contributed by atoms with E-state index in [1.807, 2.05) is 18.2 Å². The highest BCUT2D eigenvalue weighted by Gasteiger charge is 2.24. The summed E-state index contributed by atoms with van der Waals surface area (Å²) in [7, 11) is 0. The van der Waals surface area contributed by atoms with Crippen molar-refractivity contribution in [2.45, 2.75) is 6.54 Å². The second-order valence-corrected chi connectivity index (χ2v) is 9.18. The average Bonchev–Trinajstić information content (AvgIpc) is 3.48. The van der Waals surface area contributed by atoms with Crippen LogP contribution >= 0.6 is 22.9 Å². The highest BCUT2D eigenvalue weighted by molar-refractivity contribution is 7.14. The van der Waals surface area contributed by atoms with E-state index in [1.54, 1.807) is 34.5 Å². The number of urea groups is 1. The van der Waals surface area contributed by atoms with Gasteiger partial charge in [0.2, 0.25) is 6.79 Å². The molecular weight excluding hydrogens is 478 g/mol. The lowest BCUT2D eigenvalue weighted by Gasteiger charge is -2.34. The van der Waals surface area contributed by atoms with Crippen molar-refractivity contribution < 1.29 is 19.1 Å². The number of benzene rings is 2. The lowest BCUT2D eigenvalue weighted by molar-refractivity contribution is 0.0623. The number of rotatable bonds is 5. The van der Waals surface area contributed by atoms with Crippen molar-refractivity contribution in [2.24, 2.45) is 0 Å². The number of nitrogens with zero attached hydrogens (tertiary/aromatic N) is 3. The smallest absolute Gasteiger partial charge is 0.325 e. The zero-order valence-electron chi connectivity index (χ0n) is 18.1. The number of halogens is 1. The summed E-state index contributed by atoms with van der Waals surface area (Å²) in [5.41, 5.74) is 2.04. The summed E-state index contributed by atoms with van der Waals surface area (Å²) in [6.45, 7) is 3.79. The number of aromatic nitrogens is 1. The van der Waals surface area contributed by atoms with Gasteiger partial charge in [0, 0.05) is 48.8 Å². The van der Waals surface area contributed by atoms with Gasteiger partial charge in [-0.25, -0.2) is 9.78 Å². The predicted octanol–water partition coefficient (Wildman–Crippen LogP) is 4.13. The highest BCUT2D eigenvalue weighted by Crippen LogP contribution is 2.33. The van der Waals surface area contributed by atoms with E-state index in [9.17, 15) is 9.59 Å². The molecule has 3 heterocycles. The van der Waals surface area contributed by atoms with Crippen molar-refractivity contribution in [1.29, 1.82) is 0 Å². The number of amides is 3. The number of ether oxygens (including phenoxy) is 2. The van der Waals surface area contributed by atoms with Crippen molar-refractivity contribution in [3.8, 4) is 11.5 Å². The summed E-state index contributed by atoms with van der Waals surface area (Å²) < 4.78 is 10.8. The van der Waals surface area contributed by atoms with Gasteiger partial charge in [0.1, 0.15) is 5.69 Å². The molecule has 34 heavy (non-hydrogen) atoms. The molecule has 1 aromatic heterocycles. The molecule has 9 nitrogen and oxygen atoms in total. The molecule has 2 aliphatic heterocycles. The Morgan fingerprint density at radius 1 is 1.03 bits per heavy atom. The standard InChI is InChI=1S/C23H22ClN5O4S/c24-16-2-1-3-17(11-16)25-22(31)27-23-26-18(13-34-23)21(30)29-8-6-28(7-9-29)12-15-4-5-19-20(10-15)33-14-32-19/h1-5,10-11,13H,6-9,12,14H2,(H2,25,26,27,31). The fourth-order valence-electron chi connectivity index (χ4n) is 3.82. The zero-order valence-corrected chi connectivity index (χ0v) is 19.7. The lowest BCUT2D eigenvalue weighted by atomic mass is 10.1. The van der Waals surface area contributed by atoms with Crippen LogP contribution in [0.5, 0.6) is 11.5 Å². The maximum Gasteiger partial charge on any atom is 0.325 e. The number of carbonyl (C=O) groups excluding carboxylic acids is 2. The summed E-state index contributed by atoms with van der Waals surface area (Å²) in [5.74, 6) is 1.42. The van der Waals surface area contributed by atoms with Crippen molar-refractivity contribution in [3.63, 3.8) is 0 Å². The molecule has 0 bridgehead atoms. The minimum Gasteiger partial charge on any atom is -0.454 e. The Labute approximate surface area is 205 Å². The van der Waals surface area contributed by atoms with E-state index in [0.717, 1.165) is 36.7 Å². The molecule has 0 aliphatic carbocycles. The molecule has 11 heteroatoms. The molecule has 0 spiro atoms. The van der Waals surface area contributed by atoms with E-state index in [-0.39, 0.29) is 12.7 Å². The van der Waals surface area contributed by atoms with Crippen molar-refractivity contribution in [2.75, 3.05) is 43.6 Å². The molecule has 1 fully saturated rings. The largest absolute Gasteiger partial charge is 0.454 e. The predicted molar refractivity (Wildman–Crippen MR) is 130 cm³/mol. The van der Waals surface area contributed by atoms with Crippen LogP contribution in [0.3, 0.4) is 0 Å². The van der Waals surface area contributed by atoms with Gasteiger partial charge in [0.05, 0.1) is 0 Å². The molecule has 3 amide bonds. The number of piperazine rings is 1. The van der Waals surface area contributed by atoms with Crippen LogP contribution < -0.4 is 20.1 Å². The molecule has 3 aromatic rings.